The molecular formula is C16H20BrFN2O3. The Morgan fingerprint density at radius 1 is 1.43 bits per heavy atom. The summed E-state index contributed by atoms with van der Waals surface area (Å²) in [5.74, 6) is -1.29. The molecule has 0 saturated heterocycles. The van der Waals surface area contributed by atoms with Crippen LogP contribution in [0.4, 0.5) is 4.39 Å². The highest BCUT2D eigenvalue weighted by Crippen LogP contribution is 2.25. The molecule has 0 bridgehead atoms. The van der Waals surface area contributed by atoms with Crippen molar-refractivity contribution in [1.82, 2.24) is 10.2 Å². The van der Waals surface area contributed by atoms with Gasteiger partial charge in [-0.3, -0.25) is 14.5 Å². The fourth-order valence-electron chi connectivity index (χ4n) is 2.79. The average molecular weight is 387 g/mol. The largest absolute Gasteiger partial charge is 0.480 e. The lowest BCUT2D eigenvalue weighted by molar-refractivity contribution is -0.139. The SMILES string of the molecule is CCN(CC(=O)O)C1CC(NC(=O)Cc2ccc(F)c(Br)c2)C1. The third kappa shape index (κ3) is 5.00. The van der Waals surface area contributed by atoms with E-state index in [1.807, 2.05) is 11.8 Å². The van der Waals surface area contributed by atoms with Crippen LogP contribution in [0.5, 0.6) is 0 Å². The summed E-state index contributed by atoms with van der Waals surface area (Å²) >= 11 is 3.10. The second-order valence-electron chi connectivity index (χ2n) is 5.77. The maximum absolute atomic E-state index is 13.2. The lowest BCUT2D eigenvalue weighted by Gasteiger charge is -2.42. The minimum absolute atomic E-state index is 0.0332. The zero-order chi connectivity index (χ0) is 17.0. The Balaban J connectivity index is 1.77. The van der Waals surface area contributed by atoms with Gasteiger partial charge in [0, 0.05) is 12.1 Å². The van der Waals surface area contributed by atoms with Gasteiger partial charge in [-0.15, -0.1) is 0 Å². The number of halogens is 2. The van der Waals surface area contributed by atoms with E-state index in [9.17, 15) is 14.0 Å². The van der Waals surface area contributed by atoms with Gasteiger partial charge in [-0.1, -0.05) is 13.0 Å². The van der Waals surface area contributed by atoms with E-state index in [1.165, 1.54) is 6.07 Å². The van der Waals surface area contributed by atoms with Crippen LogP contribution in [0.3, 0.4) is 0 Å². The van der Waals surface area contributed by atoms with E-state index >= 15 is 0 Å². The first-order valence-electron chi connectivity index (χ1n) is 7.58. The van der Waals surface area contributed by atoms with Gasteiger partial charge in [0.25, 0.3) is 0 Å². The maximum Gasteiger partial charge on any atom is 0.317 e. The van der Waals surface area contributed by atoms with Crippen LogP contribution in [-0.2, 0) is 16.0 Å². The fourth-order valence-corrected chi connectivity index (χ4v) is 3.22. The lowest BCUT2D eigenvalue weighted by Crippen LogP contribution is -2.55. The predicted octanol–water partition coefficient (Wildman–Crippen LogP) is 2.18. The molecule has 1 amide bonds. The number of nitrogens with zero attached hydrogens (tertiary/aromatic N) is 1. The number of carbonyl (C=O) groups excluding carboxylic acids is 1. The molecule has 1 fully saturated rings. The zero-order valence-electron chi connectivity index (χ0n) is 12.9. The number of carbonyl (C=O) groups is 2. The van der Waals surface area contributed by atoms with Crippen molar-refractivity contribution in [1.29, 1.82) is 0 Å². The van der Waals surface area contributed by atoms with Crippen molar-refractivity contribution in [2.45, 2.75) is 38.3 Å². The minimum Gasteiger partial charge on any atom is -0.480 e. The highest BCUT2D eigenvalue weighted by atomic mass is 79.9. The number of nitrogens with one attached hydrogen (secondary N) is 1. The fraction of sp³-hybridized carbons (Fsp3) is 0.500. The highest BCUT2D eigenvalue weighted by Gasteiger charge is 2.34. The van der Waals surface area contributed by atoms with Crippen molar-refractivity contribution in [2.75, 3.05) is 13.1 Å². The second-order valence-corrected chi connectivity index (χ2v) is 6.63. The summed E-state index contributed by atoms with van der Waals surface area (Å²) in [6, 6.07) is 4.82. The van der Waals surface area contributed by atoms with E-state index in [0.717, 1.165) is 18.4 Å². The first kappa shape index (κ1) is 17.9. The van der Waals surface area contributed by atoms with Gasteiger partial charge in [-0.05, 0) is 53.0 Å². The van der Waals surface area contributed by atoms with E-state index in [4.69, 9.17) is 5.11 Å². The molecule has 0 radical (unpaired) electrons. The van der Waals surface area contributed by atoms with Gasteiger partial charge in [0.15, 0.2) is 0 Å². The summed E-state index contributed by atoms with van der Waals surface area (Å²) < 4.78 is 13.5. The molecule has 2 N–H and O–H groups in total. The van der Waals surface area contributed by atoms with Crippen LogP contribution in [0.25, 0.3) is 0 Å². The number of aliphatic carboxylic acids is 1. The molecule has 5 nitrogen and oxygen atoms in total. The number of carboxylic acid groups (broad SMARTS) is 1. The molecule has 1 aromatic carbocycles. The van der Waals surface area contributed by atoms with Crippen LogP contribution < -0.4 is 5.32 Å². The average Bonchev–Trinajstić information content (AvgIpc) is 2.44. The molecule has 23 heavy (non-hydrogen) atoms. The summed E-state index contributed by atoms with van der Waals surface area (Å²) in [5.41, 5.74) is 0.743. The standard InChI is InChI=1S/C16H20BrFN2O3/c1-2-20(9-16(22)23)12-7-11(8-12)19-15(21)6-10-3-4-14(18)13(17)5-10/h3-5,11-12H,2,6-9H2,1H3,(H,19,21)(H,22,23). The summed E-state index contributed by atoms with van der Waals surface area (Å²) in [4.78, 5) is 24.7. The van der Waals surface area contributed by atoms with Gasteiger partial charge in [0.05, 0.1) is 17.4 Å². The Morgan fingerprint density at radius 3 is 2.70 bits per heavy atom. The zero-order valence-corrected chi connectivity index (χ0v) is 14.5. The topological polar surface area (TPSA) is 69.6 Å². The number of amides is 1. The Kier molecular flexibility index (Phi) is 6.12. The third-order valence-corrected chi connectivity index (χ3v) is 4.70. The molecule has 1 saturated carbocycles. The number of hydrogen-bond donors (Lipinski definition) is 2. The number of likely N-dealkylation sites (N-methyl/N-ethyl adjacent to an activating group) is 1. The molecule has 1 aliphatic rings. The van der Waals surface area contributed by atoms with E-state index in [1.54, 1.807) is 12.1 Å². The van der Waals surface area contributed by atoms with E-state index in [-0.39, 0.29) is 36.8 Å². The molecule has 0 spiro atoms. The summed E-state index contributed by atoms with van der Waals surface area (Å²) in [5, 5.41) is 11.8. The van der Waals surface area contributed by atoms with Gasteiger partial charge in [0.1, 0.15) is 5.82 Å². The van der Waals surface area contributed by atoms with Gasteiger partial charge in [-0.25, -0.2) is 4.39 Å². The molecular weight excluding hydrogens is 367 g/mol. The van der Waals surface area contributed by atoms with Crippen molar-refractivity contribution in [3.05, 3.63) is 34.1 Å². The molecule has 1 aromatic rings. The minimum atomic E-state index is -0.832. The second kappa shape index (κ2) is 7.88. The molecule has 0 atom stereocenters. The molecule has 1 aliphatic carbocycles. The van der Waals surface area contributed by atoms with E-state index in [0.29, 0.717) is 11.0 Å². The third-order valence-electron chi connectivity index (χ3n) is 4.09. The van der Waals surface area contributed by atoms with E-state index < -0.39 is 5.97 Å². The molecule has 126 valence electrons. The highest BCUT2D eigenvalue weighted by molar-refractivity contribution is 9.10. The number of hydrogen-bond acceptors (Lipinski definition) is 3. The number of carboxylic acids is 1. The van der Waals surface area contributed by atoms with Crippen LogP contribution in [0, 0.1) is 5.82 Å². The molecule has 0 heterocycles. The van der Waals surface area contributed by atoms with Gasteiger partial charge in [0.2, 0.25) is 5.91 Å². The van der Waals surface area contributed by atoms with Crippen molar-refractivity contribution < 1.29 is 19.1 Å². The summed E-state index contributed by atoms with van der Waals surface area (Å²) in [6.07, 6.45) is 1.73. The lowest BCUT2D eigenvalue weighted by atomic mass is 9.85. The maximum atomic E-state index is 13.2. The van der Waals surface area contributed by atoms with Crippen LogP contribution in [0.15, 0.2) is 22.7 Å². The number of benzene rings is 1. The number of rotatable bonds is 7. The van der Waals surface area contributed by atoms with Crippen LogP contribution in [0.1, 0.15) is 25.3 Å². The Bertz CT molecular complexity index is 591. The first-order valence-corrected chi connectivity index (χ1v) is 8.37. The quantitative estimate of drug-likeness (QED) is 0.753. The van der Waals surface area contributed by atoms with Crippen molar-refractivity contribution in [3.8, 4) is 0 Å². The molecule has 2 rings (SSSR count). The van der Waals surface area contributed by atoms with Crippen LogP contribution in [-0.4, -0.2) is 47.1 Å². The van der Waals surface area contributed by atoms with Crippen molar-refractivity contribution >= 4 is 27.8 Å². The normalized spacial score (nSPS) is 20.2. The van der Waals surface area contributed by atoms with Crippen LogP contribution in [0.2, 0.25) is 0 Å². The van der Waals surface area contributed by atoms with Gasteiger partial charge >= 0.3 is 5.97 Å². The monoisotopic (exact) mass is 386 g/mol. The van der Waals surface area contributed by atoms with Crippen molar-refractivity contribution in [2.24, 2.45) is 0 Å². The predicted molar refractivity (Wildman–Crippen MR) is 87.6 cm³/mol. The molecule has 0 aromatic heterocycles. The Morgan fingerprint density at radius 2 is 2.13 bits per heavy atom. The smallest absolute Gasteiger partial charge is 0.317 e. The van der Waals surface area contributed by atoms with Gasteiger partial charge < -0.3 is 10.4 Å². The van der Waals surface area contributed by atoms with Crippen LogP contribution >= 0.6 is 15.9 Å². The molecule has 0 unspecified atom stereocenters. The first-order chi connectivity index (χ1) is 10.9. The van der Waals surface area contributed by atoms with E-state index in [2.05, 4.69) is 21.2 Å². The summed E-state index contributed by atoms with van der Waals surface area (Å²) in [7, 11) is 0. The summed E-state index contributed by atoms with van der Waals surface area (Å²) in [6.45, 7) is 2.65. The Hall–Kier alpha value is -1.47. The Labute approximate surface area is 143 Å². The van der Waals surface area contributed by atoms with Crippen molar-refractivity contribution in [3.63, 3.8) is 0 Å². The molecule has 0 aliphatic heterocycles. The van der Waals surface area contributed by atoms with Gasteiger partial charge in [-0.2, -0.15) is 0 Å². The molecule has 7 heteroatoms.